The molecule has 0 radical (unpaired) electrons. The Labute approximate surface area is 262 Å². The second kappa shape index (κ2) is 12.9. The zero-order valence-corrected chi connectivity index (χ0v) is 26.4. The van der Waals surface area contributed by atoms with Crippen LogP contribution < -0.4 is 0 Å². The normalized spacial score (nSPS) is 18.6. The van der Waals surface area contributed by atoms with Gasteiger partial charge in [0.1, 0.15) is 5.76 Å². The second-order valence-electron chi connectivity index (χ2n) is 12.9. The first-order chi connectivity index (χ1) is 21.3. The van der Waals surface area contributed by atoms with Crippen LogP contribution in [0.4, 0.5) is 13.2 Å². The quantitative estimate of drug-likeness (QED) is 0.303. The first-order valence-corrected chi connectivity index (χ1v) is 15.8. The average Bonchev–Trinajstić information content (AvgIpc) is 3.50. The maximum atomic E-state index is 14.4. The Morgan fingerprint density at radius 3 is 2.49 bits per heavy atom. The van der Waals surface area contributed by atoms with E-state index >= 15 is 0 Å². The van der Waals surface area contributed by atoms with Crippen LogP contribution in [0.25, 0.3) is 6.08 Å². The molecule has 0 bridgehead atoms. The molecule has 3 aliphatic rings. The third-order valence-electron chi connectivity index (χ3n) is 9.50. The highest BCUT2D eigenvalue weighted by Crippen LogP contribution is 2.40. The van der Waals surface area contributed by atoms with E-state index in [-0.39, 0.29) is 30.7 Å². The minimum absolute atomic E-state index is 0.0513. The second-order valence-corrected chi connectivity index (χ2v) is 12.9. The molecule has 0 spiro atoms. The van der Waals surface area contributed by atoms with Crippen LogP contribution in [-0.4, -0.2) is 33.4 Å². The van der Waals surface area contributed by atoms with Crippen LogP contribution >= 0.6 is 0 Å². The van der Waals surface area contributed by atoms with Crippen molar-refractivity contribution < 1.29 is 32.3 Å². The summed E-state index contributed by atoms with van der Waals surface area (Å²) >= 11 is 0. The molecule has 45 heavy (non-hydrogen) atoms. The van der Waals surface area contributed by atoms with Crippen LogP contribution in [0.1, 0.15) is 104 Å². The fraction of sp³-hybridized carbons (Fsp3) is 0.472. The van der Waals surface area contributed by atoms with Gasteiger partial charge in [-0.3, -0.25) is 14.6 Å². The number of carbonyl (C=O) groups is 2. The van der Waals surface area contributed by atoms with Gasteiger partial charge in [-0.15, -0.1) is 0 Å². The zero-order chi connectivity index (χ0) is 32.5. The molecule has 1 atom stereocenters. The lowest BCUT2D eigenvalue weighted by molar-refractivity contribution is -0.153. The SMILES string of the molecule is CCc1nc2c(c(C(=O)N(CC3=CC=C(C4=CC(C(C)(C)C(=O)O)CCC4)CC3)Cc3ccc(C(F)(F)F)o3)c1C)C=CCC2. The summed E-state index contributed by atoms with van der Waals surface area (Å²) in [5, 5.41) is 9.74. The predicted molar refractivity (Wildman–Crippen MR) is 166 cm³/mol. The summed E-state index contributed by atoms with van der Waals surface area (Å²) in [4.78, 5) is 32.7. The predicted octanol–water partition coefficient (Wildman–Crippen LogP) is 8.65. The number of allylic oxidation sites excluding steroid dienone is 6. The molecule has 2 heterocycles. The first-order valence-electron chi connectivity index (χ1n) is 15.8. The molecule has 0 aliphatic heterocycles. The number of furan rings is 1. The number of alkyl halides is 3. The van der Waals surface area contributed by atoms with E-state index in [1.807, 2.05) is 32.1 Å². The molecule has 240 valence electrons. The van der Waals surface area contributed by atoms with Crippen molar-refractivity contribution in [3.8, 4) is 0 Å². The van der Waals surface area contributed by atoms with Crippen LogP contribution in [0, 0.1) is 18.3 Å². The molecule has 2 aromatic heterocycles. The molecule has 0 saturated heterocycles. The van der Waals surface area contributed by atoms with Crippen molar-refractivity contribution in [3.05, 3.63) is 92.8 Å². The summed E-state index contributed by atoms with van der Waals surface area (Å²) in [5.41, 5.74) is 6.31. The number of carbonyl (C=O) groups excluding carboxylic acids is 1. The number of aliphatic carboxylic acids is 1. The standard InChI is InChI=1S/C36H41F3N2O4/c1-5-29-22(2)32(28-11-6-7-12-30(28)40-29)33(42)41(21-27-17-18-31(45-27)36(37,38)39)20-23-13-15-24(16-14-23)25-9-8-10-26(19-25)35(3,4)34(43)44/h6,11,13,15,17-19,26H,5,7-10,12,14,16,20-21H2,1-4H3,(H,43,44). The molecule has 1 N–H and O–H groups in total. The van der Waals surface area contributed by atoms with E-state index in [9.17, 15) is 27.9 Å². The van der Waals surface area contributed by atoms with Gasteiger partial charge in [0, 0.05) is 23.5 Å². The maximum absolute atomic E-state index is 14.4. The number of hydrogen-bond acceptors (Lipinski definition) is 4. The van der Waals surface area contributed by atoms with Gasteiger partial charge in [0.05, 0.1) is 17.5 Å². The van der Waals surface area contributed by atoms with Crippen LogP contribution in [-0.2, 0) is 30.4 Å². The van der Waals surface area contributed by atoms with Gasteiger partial charge in [-0.1, -0.05) is 42.9 Å². The summed E-state index contributed by atoms with van der Waals surface area (Å²) in [6.45, 7) is 7.56. The van der Waals surface area contributed by atoms with Crippen LogP contribution in [0.15, 0.2) is 57.6 Å². The largest absolute Gasteiger partial charge is 0.481 e. The van der Waals surface area contributed by atoms with E-state index in [2.05, 4.69) is 12.2 Å². The van der Waals surface area contributed by atoms with E-state index in [1.165, 1.54) is 17.2 Å². The Morgan fingerprint density at radius 2 is 1.84 bits per heavy atom. The smallest absolute Gasteiger partial charge is 0.449 e. The summed E-state index contributed by atoms with van der Waals surface area (Å²) in [7, 11) is 0. The van der Waals surface area contributed by atoms with Crippen molar-refractivity contribution in [1.29, 1.82) is 0 Å². The molecule has 0 saturated carbocycles. The van der Waals surface area contributed by atoms with Crippen molar-refractivity contribution in [1.82, 2.24) is 9.88 Å². The van der Waals surface area contributed by atoms with E-state index in [0.717, 1.165) is 72.7 Å². The van der Waals surface area contributed by atoms with Gasteiger partial charge in [0.2, 0.25) is 5.76 Å². The monoisotopic (exact) mass is 622 g/mol. The summed E-state index contributed by atoms with van der Waals surface area (Å²) in [6, 6.07) is 2.19. The Hall–Kier alpha value is -3.88. The van der Waals surface area contributed by atoms with E-state index in [4.69, 9.17) is 9.40 Å². The van der Waals surface area contributed by atoms with Crippen molar-refractivity contribution >= 4 is 18.0 Å². The lowest BCUT2D eigenvalue weighted by Gasteiger charge is -2.33. The number of carboxylic acids is 1. The van der Waals surface area contributed by atoms with Gasteiger partial charge in [0.15, 0.2) is 0 Å². The number of aryl methyl sites for hydroxylation is 2. The molecule has 5 rings (SSSR count). The summed E-state index contributed by atoms with van der Waals surface area (Å²) in [6.07, 6.45) is 11.8. The zero-order valence-electron chi connectivity index (χ0n) is 26.4. The third-order valence-corrected chi connectivity index (χ3v) is 9.50. The Kier molecular flexibility index (Phi) is 9.28. The number of aromatic nitrogens is 1. The average molecular weight is 623 g/mol. The molecule has 6 nitrogen and oxygen atoms in total. The highest BCUT2D eigenvalue weighted by Gasteiger charge is 2.37. The number of hydrogen-bond donors (Lipinski definition) is 1. The molecule has 1 unspecified atom stereocenters. The van der Waals surface area contributed by atoms with Gasteiger partial charge in [0.25, 0.3) is 5.91 Å². The maximum Gasteiger partial charge on any atom is 0.449 e. The Bertz CT molecular complexity index is 1610. The molecule has 3 aliphatic carbocycles. The van der Waals surface area contributed by atoms with Crippen molar-refractivity contribution in [2.24, 2.45) is 11.3 Å². The highest BCUT2D eigenvalue weighted by molar-refractivity contribution is 6.00. The summed E-state index contributed by atoms with van der Waals surface area (Å²) in [5.74, 6) is -2.14. The molecule has 9 heteroatoms. The lowest BCUT2D eigenvalue weighted by Crippen LogP contribution is -2.34. The number of carboxylic acid groups (broad SMARTS) is 1. The highest BCUT2D eigenvalue weighted by atomic mass is 19.4. The molecule has 0 aromatic carbocycles. The number of fused-ring (bicyclic) bond motifs is 1. The molecule has 2 aromatic rings. The van der Waals surface area contributed by atoms with Crippen molar-refractivity contribution in [2.75, 3.05) is 6.54 Å². The molecular formula is C36H41F3N2O4. The number of rotatable bonds is 9. The summed E-state index contributed by atoms with van der Waals surface area (Å²) < 4.78 is 45.2. The minimum Gasteiger partial charge on any atom is -0.481 e. The topological polar surface area (TPSA) is 83.6 Å². The molecule has 0 fully saturated rings. The lowest BCUT2D eigenvalue weighted by atomic mass is 9.71. The van der Waals surface area contributed by atoms with E-state index in [0.29, 0.717) is 18.4 Å². The molecular weight excluding hydrogens is 581 g/mol. The number of nitrogens with zero attached hydrogens (tertiary/aromatic N) is 2. The van der Waals surface area contributed by atoms with Gasteiger partial charge in [-0.25, -0.2) is 0 Å². The van der Waals surface area contributed by atoms with Crippen molar-refractivity contribution in [3.63, 3.8) is 0 Å². The van der Waals surface area contributed by atoms with Gasteiger partial charge < -0.3 is 14.4 Å². The molecule has 1 amide bonds. The Morgan fingerprint density at radius 1 is 1.07 bits per heavy atom. The fourth-order valence-corrected chi connectivity index (χ4v) is 6.61. The third kappa shape index (κ3) is 6.87. The minimum atomic E-state index is -4.62. The number of amides is 1. The van der Waals surface area contributed by atoms with Crippen molar-refractivity contribution in [2.45, 2.75) is 91.8 Å². The van der Waals surface area contributed by atoms with E-state index < -0.39 is 23.3 Å². The fourth-order valence-electron chi connectivity index (χ4n) is 6.61. The number of pyridine rings is 1. The Balaban J connectivity index is 1.46. The first kappa shape index (κ1) is 32.5. The van der Waals surface area contributed by atoms with Gasteiger partial charge >= 0.3 is 12.1 Å². The number of halogens is 3. The van der Waals surface area contributed by atoms with Gasteiger partial charge in [-0.05, 0) is 107 Å². The van der Waals surface area contributed by atoms with Crippen LogP contribution in [0.5, 0.6) is 0 Å². The van der Waals surface area contributed by atoms with Crippen LogP contribution in [0.2, 0.25) is 0 Å². The van der Waals surface area contributed by atoms with Crippen LogP contribution in [0.3, 0.4) is 0 Å². The van der Waals surface area contributed by atoms with E-state index in [1.54, 1.807) is 18.7 Å². The van der Waals surface area contributed by atoms with Gasteiger partial charge in [-0.2, -0.15) is 13.2 Å².